The van der Waals surface area contributed by atoms with Gasteiger partial charge in [-0.2, -0.15) is 0 Å². The highest BCUT2D eigenvalue weighted by molar-refractivity contribution is 5.78. The first-order valence-electron chi connectivity index (χ1n) is 7.98. The van der Waals surface area contributed by atoms with Crippen LogP contribution in [0.4, 0.5) is 5.69 Å². The van der Waals surface area contributed by atoms with E-state index in [1.807, 2.05) is 0 Å². The third-order valence-electron chi connectivity index (χ3n) is 4.10. The van der Waals surface area contributed by atoms with Crippen molar-refractivity contribution in [2.24, 2.45) is 10.7 Å². The second kappa shape index (κ2) is 8.36. The van der Waals surface area contributed by atoms with Crippen LogP contribution in [-0.4, -0.2) is 24.0 Å². The van der Waals surface area contributed by atoms with Crippen molar-refractivity contribution in [3.8, 4) is 5.75 Å². The molecule has 7 nitrogen and oxygen atoms in total. The fraction of sp³-hybridized carbons (Fsp3) is 0.562. The maximum Gasteiger partial charge on any atom is 0.270 e. The van der Waals surface area contributed by atoms with Gasteiger partial charge in [-0.3, -0.25) is 10.1 Å². The van der Waals surface area contributed by atoms with E-state index in [0.29, 0.717) is 23.3 Å². The first kappa shape index (κ1) is 17.1. The van der Waals surface area contributed by atoms with Crippen LogP contribution < -0.4 is 15.8 Å². The topological polar surface area (TPSA) is 103 Å². The third-order valence-corrected chi connectivity index (χ3v) is 4.10. The highest BCUT2D eigenvalue weighted by Crippen LogP contribution is 2.24. The number of ether oxygens (including phenoxy) is 1. The number of methoxy groups -OCH3 is 1. The SMILES string of the molecule is COc1ccc([N+](=O)[O-])cc1CN=C(N)NC1CCCCCC1. The second-order valence-corrected chi connectivity index (χ2v) is 5.79. The Kier molecular flexibility index (Phi) is 6.19. The Morgan fingerprint density at radius 2 is 2.09 bits per heavy atom. The zero-order valence-electron chi connectivity index (χ0n) is 13.5. The molecule has 1 aromatic rings. The summed E-state index contributed by atoms with van der Waals surface area (Å²) < 4.78 is 5.23. The Morgan fingerprint density at radius 3 is 2.70 bits per heavy atom. The Hall–Kier alpha value is -2.31. The summed E-state index contributed by atoms with van der Waals surface area (Å²) in [6.45, 7) is 0.246. The van der Waals surface area contributed by atoms with Crippen LogP contribution in [-0.2, 0) is 6.54 Å². The van der Waals surface area contributed by atoms with E-state index in [0.717, 1.165) is 12.8 Å². The van der Waals surface area contributed by atoms with Gasteiger partial charge in [0.25, 0.3) is 5.69 Å². The van der Waals surface area contributed by atoms with Gasteiger partial charge >= 0.3 is 0 Å². The summed E-state index contributed by atoms with van der Waals surface area (Å²) in [6, 6.07) is 4.84. The molecule has 2 rings (SSSR count). The molecule has 0 heterocycles. The molecule has 1 aliphatic carbocycles. The van der Waals surface area contributed by atoms with Crippen LogP contribution in [0, 0.1) is 10.1 Å². The summed E-state index contributed by atoms with van der Waals surface area (Å²) in [4.78, 5) is 14.8. The lowest BCUT2D eigenvalue weighted by Gasteiger charge is -2.16. The first-order chi connectivity index (χ1) is 11.1. The van der Waals surface area contributed by atoms with Crippen LogP contribution in [0.15, 0.2) is 23.2 Å². The van der Waals surface area contributed by atoms with E-state index in [9.17, 15) is 10.1 Å². The molecule has 1 aromatic carbocycles. The lowest BCUT2D eigenvalue weighted by atomic mass is 10.1. The highest BCUT2D eigenvalue weighted by Gasteiger charge is 2.13. The Labute approximate surface area is 136 Å². The summed E-state index contributed by atoms with van der Waals surface area (Å²) in [5.41, 5.74) is 6.62. The first-order valence-corrected chi connectivity index (χ1v) is 7.98. The van der Waals surface area contributed by atoms with Gasteiger partial charge in [0.15, 0.2) is 5.96 Å². The van der Waals surface area contributed by atoms with Gasteiger partial charge in [0.05, 0.1) is 18.6 Å². The minimum atomic E-state index is -0.431. The molecule has 1 aliphatic rings. The van der Waals surface area contributed by atoms with E-state index in [2.05, 4.69) is 10.3 Å². The molecule has 0 unspecified atom stereocenters. The summed E-state index contributed by atoms with van der Waals surface area (Å²) in [6.07, 6.45) is 7.19. The number of nitrogens with two attached hydrogens (primary N) is 1. The molecule has 23 heavy (non-hydrogen) atoms. The van der Waals surface area contributed by atoms with Crippen LogP contribution in [0.3, 0.4) is 0 Å². The van der Waals surface area contributed by atoms with E-state index < -0.39 is 4.92 Å². The number of guanidine groups is 1. The molecule has 0 spiro atoms. The van der Waals surface area contributed by atoms with Crippen molar-refractivity contribution in [3.05, 3.63) is 33.9 Å². The van der Waals surface area contributed by atoms with Gasteiger partial charge < -0.3 is 15.8 Å². The fourth-order valence-corrected chi connectivity index (χ4v) is 2.85. The normalized spacial score (nSPS) is 16.7. The van der Waals surface area contributed by atoms with E-state index >= 15 is 0 Å². The molecule has 0 amide bonds. The predicted octanol–water partition coefficient (Wildman–Crippen LogP) is 2.73. The number of hydrogen-bond acceptors (Lipinski definition) is 4. The minimum absolute atomic E-state index is 0.0197. The lowest BCUT2D eigenvalue weighted by Crippen LogP contribution is -2.39. The molecule has 1 fully saturated rings. The number of nitro groups is 1. The molecule has 0 atom stereocenters. The lowest BCUT2D eigenvalue weighted by molar-refractivity contribution is -0.384. The average Bonchev–Trinajstić information content (AvgIpc) is 2.81. The number of nitrogens with one attached hydrogen (secondary N) is 1. The van der Waals surface area contributed by atoms with Crippen molar-refractivity contribution < 1.29 is 9.66 Å². The monoisotopic (exact) mass is 320 g/mol. The van der Waals surface area contributed by atoms with Crippen molar-refractivity contribution in [2.75, 3.05) is 7.11 Å². The van der Waals surface area contributed by atoms with Crippen LogP contribution >= 0.6 is 0 Å². The van der Waals surface area contributed by atoms with Crippen LogP contribution in [0.5, 0.6) is 5.75 Å². The van der Waals surface area contributed by atoms with Crippen LogP contribution in [0.25, 0.3) is 0 Å². The van der Waals surface area contributed by atoms with Crippen molar-refractivity contribution >= 4 is 11.6 Å². The highest BCUT2D eigenvalue weighted by atomic mass is 16.6. The van der Waals surface area contributed by atoms with Gasteiger partial charge in [0.1, 0.15) is 5.75 Å². The Balaban J connectivity index is 2.02. The molecule has 0 radical (unpaired) electrons. The number of non-ortho nitro benzene ring substituents is 1. The van der Waals surface area contributed by atoms with Gasteiger partial charge in [-0.05, 0) is 18.9 Å². The summed E-state index contributed by atoms with van der Waals surface area (Å²) in [7, 11) is 1.53. The Bertz CT molecular complexity index is 566. The summed E-state index contributed by atoms with van der Waals surface area (Å²) >= 11 is 0. The number of hydrogen-bond donors (Lipinski definition) is 2. The quantitative estimate of drug-likeness (QED) is 0.285. The molecule has 0 aromatic heterocycles. The molecular formula is C16H24N4O3. The number of nitro benzene ring substituents is 1. The molecule has 1 saturated carbocycles. The molecule has 0 bridgehead atoms. The molecule has 3 N–H and O–H groups in total. The maximum absolute atomic E-state index is 10.9. The number of nitrogens with zero attached hydrogens (tertiary/aromatic N) is 2. The molecule has 0 aliphatic heterocycles. The van der Waals surface area contributed by atoms with Crippen molar-refractivity contribution in [1.82, 2.24) is 5.32 Å². The average molecular weight is 320 g/mol. The maximum atomic E-state index is 10.9. The number of aliphatic imine (C=N–C) groups is 1. The minimum Gasteiger partial charge on any atom is -0.496 e. The van der Waals surface area contributed by atoms with E-state index in [1.165, 1.54) is 44.9 Å². The predicted molar refractivity (Wildman–Crippen MR) is 89.6 cm³/mol. The number of benzene rings is 1. The van der Waals surface area contributed by atoms with Crippen molar-refractivity contribution in [2.45, 2.75) is 51.1 Å². The van der Waals surface area contributed by atoms with Crippen molar-refractivity contribution in [1.29, 1.82) is 0 Å². The van der Waals surface area contributed by atoms with Gasteiger partial charge in [0.2, 0.25) is 0 Å². The van der Waals surface area contributed by atoms with Crippen LogP contribution in [0.1, 0.15) is 44.1 Å². The smallest absolute Gasteiger partial charge is 0.270 e. The molecule has 0 saturated heterocycles. The summed E-state index contributed by atoms with van der Waals surface area (Å²) in [5.74, 6) is 0.951. The largest absolute Gasteiger partial charge is 0.496 e. The van der Waals surface area contributed by atoms with Gasteiger partial charge in [-0.15, -0.1) is 0 Å². The number of rotatable bonds is 5. The van der Waals surface area contributed by atoms with E-state index in [-0.39, 0.29) is 12.2 Å². The molecular weight excluding hydrogens is 296 g/mol. The standard InChI is InChI=1S/C16H24N4O3/c1-23-15-9-8-14(20(21)22)10-12(15)11-18-16(17)19-13-6-4-2-3-5-7-13/h8-10,13H,2-7,11H2,1H3,(H3,17,18,19). The zero-order chi connectivity index (χ0) is 16.7. The second-order valence-electron chi connectivity index (χ2n) is 5.79. The molecule has 7 heteroatoms. The van der Waals surface area contributed by atoms with E-state index in [1.54, 1.807) is 6.07 Å². The summed E-state index contributed by atoms with van der Waals surface area (Å²) in [5, 5.41) is 14.1. The third kappa shape index (κ3) is 5.12. The zero-order valence-corrected chi connectivity index (χ0v) is 13.5. The Morgan fingerprint density at radius 1 is 1.39 bits per heavy atom. The fourth-order valence-electron chi connectivity index (χ4n) is 2.85. The van der Waals surface area contributed by atoms with Crippen molar-refractivity contribution in [3.63, 3.8) is 0 Å². The molecule has 126 valence electrons. The van der Waals surface area contributed by atoms with E-state index in [4.69, 9.17) is 10.5 Å². The van der Waals surface area contributed by atoms with Gasteiger partial charge in [0, 0.05) is 23.7 Å². The van der Waals surface area contributed by atoms with Gasteiger partial charge in [-0.1, -0.05) is 25.7 Å². The van der Waals surface area contributed by atoms with Crippen LogP contribution in [0.2, 0.25) is 0 Å². The van der Waals surface area contributed by atoms with Gasteiger partial charge in [-0.25, -0.2) is 4.99 Å².